The van der Waals surface area contributed by atoms with E-state index in [4.69, 9.17) is 16.3 Å². The van der Waals surface area contributed by atoms with E-state index < -0.39 is 0 Å². The number of halogens is 1. The third kappa shape index (κ3) is 3.19. The molecule has 0 spiro atoms. The number of aromatic nitrogens is 2. The highest BCUT2D eigenvalue weighted by molar-refractivity contribution is 6.29. The average molecular weight is 201 g/mol. The summed E-state index contributed by atoms with van der Waals surface area (Å²) in [5.74, 6) is 0.981. The Bertz CT molecular complexity index is 278. The Morgan fingerprint density at radius 2 is 2.00 bits per heavy atom. The number of hydrogen-bond donors (Lipinski definition) is 0. The van der Waals surface area contributed by atoms with E-state index in [1.807, 2.05) is 6.92 Å². The van der Waals surface area contributed by atoms with Crippen LogP contribution in [0.3, 0.4) is 0 Å². The van der Waals surface area contributed by atoms with Crippen molar-refractivity contribution in [2.45, 2.75) is 26.9 Å². The van der Waals surface area contributed by atoms with Crippen LogP contribution in [0.1, 0.15) is 20.8 Å². The van der Waals surface area contributed by atoms with Crippen LogP contribution in [0.25, 0.3) is 0 Å². The molecule has 4 heteroatoms. The molecule has 0 N–H and O–H groups in total. The van der Waals surface area contributed by atoms with E-state index in [-0.39, 0.29) is 6.10 Å². The molecule has 0 radical (unpaired) electrons. The van der Waals surface area contributed by atoms with Crippen LogP contribution >= 0.6 is 11.6 Å². The van der Waals surface area contributed by atoms with Gasteiger partial charge >= 0.3 is 0 Å². The van der Waals surface area contributed by atoms with Gasteiger partial charge in [0.15, 0.2) is 0 Å². The van der Waals surface area contributed by atoms with Crippen molar-refractivity contribution in [2.75, 3.05) is 0 Å². The van der Waals surface area contributed by atoms with Crippen LogP contribution in [-0.2, 0) is 0 Å². The molecule has 1 heterocycles. The lowest BCUT2D eigenvalue weighted by atomic mass is 10.1. The minimum Gasteiger partial charge on any atom is -0.474 e. The molecule has 0 bridgehead atoms. The Balaban J connectivity index is 2.64. The Labute approximate surface area is 83.1 Å². The maximum atomic E-state index is 5.68. The van der Waals surface area contributed by atoms with E-state index in [9.17, 15) is 0 Å². The third-order valence-electron chi connectivity index (χ3n) is 1.85. The molecule has 1 atom stereocenters. The van der Waals surface area contributed by atoms with E-state index >= 15 is 0 Å². The second-order valence-electron chi connectivity index (χ2n) is 3.25. The van der Waals surface area contributed by atoms with Gasteiger partial charge in [-0.1, -0.05) is 25.4 Å². The standard InChI is InChI=1S/C9H13ClN2O/c1-6(2)7(3)13-9-4-8(10)11-5-12-9/h4-7H,1-3H3. The molecule has 0 saturated heterocycles. The highest BCUT2D eigenvalue weighted by atomic mass is 35.5. The topological polar surface area (TPSA) is 35.0 Å². The first-order chi connectivity index (χ1) is 6.09. The number of nitrogens with zero attached hydrogens (tertiary/aromatic N) is 2. The van der Waals surface area contributed by atoms with Crippen molar-refractivity contribution < 1.29 is 4.74 Å². The minimum absolute atomic E-state index is 0.131. The summed E-state index contributed by atoms with van der Waals surface area (Å²) in [5.41, 5.74) is 0. The fraction of sp³-hybridized carbons (Fsp3) is 0.556. The summed E-state index contributed by atoms with van der Waals surface area (Å²) >= 11 is 5.68. The summed E-state index contributed by atoms with van der Waals surface area (Å²) in [6, 6.07) is 1.61. The highest BCUT2D eigenvalue weighted by Crippen LogP contribution is 2.15. The predicted octanol–water partition coefficient (Wildman–Crippen LogP) is 2.55. The van der Waals surface area contributed by atoms with Crippen molar-refractivity contribution in [3.63, 3.8) is 0 Å². The molecule has 0 amide bonds. The molecular formula is C9H13ClN2O. The van der Waals surface area contributed by atoms with Crippen LogP contribution in [0.2, 0.25) is 5.15 Å². The fourth-order valence-corrected chi connectivity index (χ4v) is 0.845. The molecule has 0 saturated carbocycles. The molecule has 0 aliphatic rings. The smallest absolute Gasteiger partial charge is 0.218 e. The second kappa shape index (κ2) is 4.42. The largest absolute Gasteiger partial charge is 0.474 e. The second-order valence-corrected chi connectivity index (χ2v) is 3.63. The van der Waals surface area contributed by atoms with Gasteiger partial charge in [0.1, 0.15) is 11.5 Å². The molecule has 1 aromatic heterocycles. The van der Waals surface area contributed by atoms with Crippen LogP contribution in [0.5, 0.6) is 5.88 Å². The average Bonchev–Trinajstić information content (AvgIpc) is 2.04. The zero-order valence-electron chi connectivity index (χ0n) is 7.99. The summed E-state index contributed by atoms with van der Waals surface area (Å²) < 4.78 is 5.52. The SMILES string of the molecule is CC(C)C(C)Oc1cc(Cl)ncn1. The van der Waals surface area contributed by atoms with Crippen LogP contribution in [-0.4, -0.2) is 16.1 Å². The van der Waals surface area contributed by atoms with E-state index in [2.05, 4.69) is 23.8 Å². The zero-order chi connectivity index (χ0) is 9.84. The number of hydrogen-bond acceptors (Lipinski definition) is 3. The highest BCUT2D eigenvalue weighted by Gasteiger charge is 2.09. The Morgan fingerprint density at radius 1 is 1.31 bits per heavy atom. The molecular weight excluding hydrogens is 188 g/mol. The summed E-state index contributed by atoms with van der Waals surface area (Å²) in [5, 5.41) is 0.404. The van der Waals surface area contributed by atoms with Gasteiger partial charge in [-0.25, -0.2) is 9.97 Å². The lowest BCUT2D eigenvalue weighted by Crippen LogP contribution is -2.19. The molecule has 1 unspecified atom stereocenters. The van der Waals surface area contributed by atoms with E-state index in [1.54, 1.807) is 6.07 Å². The van der Waals surface area contributed by atoms with Crippen molar-refractivity contribution >= 4 is 11.6 Å². The molecule has 0 fully saturated rings. The van der Waals surface area contributed by atoms with Gasteiger partial charge in [-0.2, -0.15) is 0 Å². The molecule has 3 nitrogen and oxygen atoms in total. The number of ether oxygens (including phenoxy) is 1. The van der Waals surface area contributed by atoms with Crippen molar-refractivity contribution in [1.82, 2.24) is 9.97 Å². The Kier molecular flexibility index (Phi) is 3.48. The first kappa shape index (κ1) is 10.3. The quantitative estimate of drug-likeness (QED) is 0.704. The van der Waals surface area contributed by atoms with Gasteiger partial charge in [-0.15, -0.1) is 0 Å². The van der Waals surface area contributed by atoms with Crippen molar-refractivity contribution in [1.29, 1.82) is 0 Å². The van der Waals surface area contributed by atoms with Crippen molar-refractivity contribution in [2.24, 2.45) is 5.92 Å². The van der Waals surface area contributed by atoms with Crippen LogP contribution in [0, 0.1) is 5.92 Å². The lowest BCUT2D eigenvalue weighted by molar-refractivity contribution is 0.163. The summed E-state index contributed by atoms with van der Waals surface area (Å²) in [6.45, 7) is 6.18. The van der Waals surface area contributed by atoms with Gasteiger partial charge in [-0.05, 0) is 12.8 Å². The Hall–Kier alpha value is -0.830. The van der Waals surface area contributed by atoms with Gasteiger partial charge in [0.05, 0.1) is 6.10 Å². The number of rotatable bonds is 3. The van der Waals surface area contributed by atoms with Crippen LogP contribution < -0.4 is 4.74 Å². The van der Waals surface area contributed by atoms with Crippen LogP contribution in [0.4, 0.5) is 0 Å². The molecule has 0 aliphatic heterocycles. The summed E-state index contributed by atoms with van der Waals surface area (Å²) in [6.07, 6.45) is 1.52. The van der Waals surface area contributed by atoms with Gasteiger partial charge in [0, 0.05) is 6.07 Å². The van der Waals surface area contributed by atoms with Crippen molar-refractivity contribution in [3.8, 4) is 5.88 Å². The molecule has 0 aliphatic carbocycles. The minimum atomic E-state index is 0.131. The van der Waals surface area contributed by atoms with Gasteiger partial charge in [0.2, 0.25) is 5.88 Å². The van der Waals surface area contributed by atoms with Gasteiger partial charge in [-0.3, -0.25) is 0 Å². The lowest BCUT2D eigenvalue weighted by Gasteiger charge is -2.16. The third-order valence-corrected chi connectivity index (χ3v) is 2.06. The summed E-state index contributed by atoms with van der Waals surface area (Å²) in [7, 11) is 0. The van der Waals surface area contributed by atoms with E-state index in [0.717, 1.165) is 0 Å². The summed E-state index contributed by atoms with van der Waals surface area (Å²) in [4.78, 5) is 7.71. The Morgan fingerprint density at radius 3 is 2.54 bits per heavy atom. The molecule has 1 rings (SSSR count). The molecule has 13 heavy (non-hydrogen) atoms. The maximum absolute atomic E-state index is 5.68. The first-order valence-corrected chi connectivity index (χ1v) is 4.61. The zero-order valence-corrected chi connectivity index (χ0v) is 8.75. The fourth-order valence-electron chi connectivity index (χ4n) is 0.708. The molecule has 1 aromatic rings. The first-order valence-electron chi connectivity index (χ1n) is 4.24. The van der Waals surface area contributed by atoms with Gasteiger partial charge < -0.3 is 4.74 Å². The predicted molar refractivity (Wildman–Crippen MR) is 52.0 cm³/mol. The van der Waals surface area contributed by atoms with Crippen LogP contribution in [0.15, 0.2) is 12.4 Å². The van der Waals surface area contributed by atoms with Gasteiger partial charge in [0.25, 0.3) is 0 Å². The molecule has 0 aromatic carbocycles. The molecule has 72 valence electrons. The normalized spacial score (nSPS) is 13.0. The van der Waals surface area contributed by atoms with Crippen molar-refractivity contribution in [3.05, 3.63) is 17.5 Å². The van der Waals surface area contributed by atoms with E-state index in [0.29, 0.717) is 17.0 Å². The van der Waals surface area contributed by atoms with E-state index in [1.165, 1.54) is 6.33 Å². The maximum Gasteiger partial charge on any atom is 0.218 e. The monoisotopic (exact) mass is 200 g/mol.